The van der Waals surface area contributed by atoms with Gasteiger partial charge in [-0.3, -0.25) is 18.6 Å². The maximum atomic E-state index is 12.8. The Labute approximate surface area is 401 Å². The summed E-state index contributed by atoms with van der Waals surface area (Å²) in [5, 5.41) is 70.6. The van der Waals surface area contributed by atoms with Gasteiger partial charge in [0.1, 0.15) is 43.2 Å². The molecule has 0 aromatic heterocycles. The molecule has 0 bridgehead atoms. The maximum Gasteiger partial charge on any atom is 0.472 e. The third-order valence-electron chi connectivity index (χ3n) is 11.2. The standard InChI is InChI=1S/C51H87O15P/c1-3-5-7-9-11-12-13-14-15-16-17-18-19-20-21-22-23-25-31-37-44(54)63-39-43(40-64-67(61,62)66-51-49(59)47(57)46(56)48(58)50(51)60)65-45(55)38-32-36-42(53)35-30-27-26-29-34-41(52)33-28-24-10-8-6-4-2/h11-12,14-15,24,26-30,34-35,41-43,46-53,56-60H,3-10,13,16-23,25,31-33,36-40H2,1-2H3,(H,61,62)/b12-11-,15-14-,27-26+,28-24-,34-29+,35-30-/t41-,42-,43+,46?,47-,48+,49+,50+,51?/m0/s1. The molecule has 0 heterocycles. The van der Waals surface area contributed by atoms with Crippen LogP contribution in [0.3, 0.4) is 0 Å². The van der Waals surface area contributed by atoms with Crippen molar-refractivity contribution >= 4 is 19.8 Å². The number of phosphoric acid groups is 1. The van der Waals surface area contributed by atoms with Gasteiger partial charge in [0.2, 0.25) is 0 Å². The number of allylic oxidation sites excluding steroid dienone is 9. The molecule has 0 aromatic rings. The predicted molar refractivity (Wildman–Crippen MR) is 261 cm³/mol. The highest BCUT2D eigenvalue weighted by Gasteiger charge is 2.51. The zero-order chi connectivity index (χ0) is 49.5. The van der Waals surface area contributed by atoms with Crippen LogP contribution >= 0.6 is 7.82 Å². The van der Waals surface area contributed by atoms with E-state index < -0.39 is 87.9 Å². The van der Waals surface area contributed by atoms with Crippen LogP contribution in [0.2, 0.25) is 0 Å². The Kier molecular flexibility index (Phi) is 37.1. The molecule has 8 N–H and O–H groups in total. The number of hydrogen-bond donors (Lipinski definition) is 8. The molecule has 1 rings (SSSR count). The topological polar surface area (TPSA) is 250 Å². The Balaban J connectivity index is 2.54. The number of phosphoric ester groups is 1. The third-order valence-corrected chi connectivity index (χ3v) is 12.2. The molecule has 1 aliphatic carbocycles. The lowest BCUT2D eigenvalue weighted by Crippen LogP contribution is -2.64. The first-order valence-electron chi connectivity index (χ1n) is 25.0. The van der Waals surface area contributed by atoms with Gasteiger partial charge in [-0.15, -0.1) is 0 Å². The lowest BCUT2D eigenvalue weighted by atomic mass is 9.85. The van der Waals surface area contributed by atoms with Crippen molar-refractivity contribution in [2.45, 2.75) is 223 Å². The lowest BCUT2D eigenvalue weighted by Gasteiger charge is -2.41. The van der Waals surface area contributed by atoms with Crippen molar-refractivity contribution < 1.29 is 73.3 Å². The zero-order valence-electron chi connectivity index (χ0n) is 40.4. The number of ether oxygens (including phenoxy) is 2. The molecule has 1 aliphatic rings. The molecule has 67 heavy (non-hydrogen) atoms. The zero-order valence-corrected chi connectivity index (χ0v) is 41.3. The Morgan fingerprint density at radius 3 is 1.60 bits per heavy atom. The van der Waals surface area contributed by atoms with Crippen LogP contribution in [-0.4, -0.2) is 121 Å². The van der Waals surface area contributed by atoms with E-state index in [9.17, 15) is 54.8 Å². The molecule has 386 valence electrons. The molecule has 15 nitrogen and oxygen atoms in total. The van der Waals surface area contributed by atoms with Gasteiger partial charge in [-0.25, -0.2) is 4.57 Å². The summed E-state index contributed by atoms with van der Waals surface area (Å²) in [6.45, 7) is 3.01. The summed E-state index contributed by atoms with van der Waals surface area (Å²) in [7, 11) is -5.20. The van der Waals surface area contributed by atoms with E-state index in [0.717, 1.165) is 51.4 Å². The molecule has 0 aromatic carbocycles. The average Bonchev–Trinajstić information content (AvgIpc) is 3.30. The van der Waals surface area contributed by atoms with E-state index in [1.807, 2.05) is 6.08 Å². The summed E-state index contributed by atoms with van der Waals surface area (Å²) < 4.78 is 33.4. The number of carbonyl (C=O) groups is 2. The van der Waals surface area contributed by atoms with Gasteiger partial charge in [0.15, 0.2) is 6.10 Å². The fourth-order valence-corrected chi connectivity index (χ4v) is 8.07. The van der Waals surface area contributed by atoms with Crippen LogP contribution in [-0.2, 0) is 32.7 Å². The summed E-state index contributed by atoms with van der Waals surface area (Å²) in [5.41, 5.74) is 0. The smallest absolute Gasteiger partial charge is 0.462 e. The van der Waals surface area contributed by atoms with Crippen molar-refractivity contribution in [3.05, 3.63) is 72.9 Å². The molecule has 0 amide bonds. The molecule has 0 aliphatic heterocycles. The van der Waals surface area contributed by atoms with Crippen LogP contribution in [0, 0.1) is 0 Å². The predicted octanol–water partition coefficient (Wildman–Crippen LogP) is 8.22. The number of carbonyl (C=O) groups excluding carboxylic acids is 2. The second kappa shape index (κ2) is 40.0. The van der Waals surface area contributed by atoms with E-state index in [0.29, 0.717) is 12.8 Å². The summed E-state index contributed by atoms with van der Waals surface area (Å²) in [5.74, 6) is -1.35. The van der Waals surface area contributed by atoms with Crippen LogP contribution in [0.1, 0.15) is 168 Å². The number of aliphatic hydroxyl groups excluding tert-OH is 7. The summed E-state index contributed by atoms with van der Waals surface area (Å²) in [6, 6.07) is 0. The van der Waals surface area contributed by atoms with Crippen molar-refractivity contribution in [1.82, 2.24) is 0 Å². The van der Waals surface area contributed by atoms with E-state index in [1.54, 1.807) is 30.4 Å². The third kappa shape index (κ3) is 32.6. The first-order valence-corrected chi connectivity index (χ1v) is 26.5. The quantitative estimate of drug-likeness (QED) is 0.00947. The first kappa shape index (κ1) is 62.2. The van der Waals surface area contributed by atoms with Crippen LogP contribution in [0.15, 0.2) is 72.9 Å². The van der Waals surface area contributed by atoms with E-state index >= 15 is 0 Å². The molecule has 3 unspecified atom stereocenters. The molecule has 1 fully saturated rings. The van der Waals surface area contributed by atoms with Gasteiger partial charge in [0.25, 0.3) is 0 Å². The van der Waals surface area contributed by atoms with Gasteiger partial charge >= 0.3 is 19.8 Å². The minimum absolute atomic E-state index is 0.106. The van der Waals surface area contributed by atoms with E-state index in [1.165, 1.54) is 70.3 Å². The Morgan fingerprint density at radius 2 is 1.03 bits per heavy atom. The average molecular weight is 971 g/mol. The molecule has 10 atom stereocenters. The maximum absolute atomic E-state index is 12.8. The Morgan fingerprint density at radius 1 is 0.552 bits per heavy atom. The van der Waals surface area contributed by atoms with Crippen LogP contribution < -0.4 is 0 Å². The van der Waals surface area contributed by atoms with Gasteiger partial charge < -0.3 is 50.1 Å². The number of rotatable bonds is 40. The minimum Gasteiger partial charge on any atom is -0.462 e. The SMILES string of the molecule is CCCCC/C=C\C/C=C\CCCCCCCCCCCC(=O)OC[C@H](COP(=O)(O)OC1[C@H](O)[C@H](O)C(O)[C@H](O)[C@H]1O)OC(=O)CCC[C@@H](O)\C=C/C=C/C=C/[C@@H](O)C/C=C\CCCCC. The van der Waals surface area contributed by atoms with Gasteiger partial charge in [-0.05, 0) is 70.6 Å². The van der Waals surface area contributed by atoms with Crippen LogP contribution in [0.4, 0.5) is 0 Å². The number of unbranched alkanes of at least 4 members (excludes halogenated alkanes) is 15. The highest BCUT2D eigenvalue weighted by Crippen LogP contribution is 2.47. The Bertz CT molecular complexity index is 1480. The molecular formula is C51H87O15P. The molecule has 1 saturated carbocycles. The van der Waals surface area contributed by atoms with Crippen molar-refractivity contribution in [3.63, 3.8) is 0 Å². The molecule has 16 heteroatoms. The molecule has 0 spiro atoms. The van der Waals surface area contributed by atoms with Gasteiger partial charge in [-0.2, -0.15) is 0 Å². The van der Waals surface area contributed by atoms with Gasteiger partial charge in [0.05, 0.1) is 18.8 Å². The van der Waals surface area contributed by atoms with Gasteiger partial charge in [0, 0.05) is 12.8 Å². The van der Waals surface area contributed by atoms with E-state index in [-0.39, 0.29) is 25.7 Å². The monoisotopic (exact) mass is 971 g/mol. The molecule has 0 radical (unpaired) electrons. The fraction of sp³-hybridized carbons (Fsp3) is 0.725. The van der Waals surface area contributed by atoms with E-state index in [4.69, 9.17) is 18.5 Å². The normalized spacial score (nSPS) is 22.7. The summed E-state index contributed by atoms with van der Waals surface area (Å²) in [6.07, 6.45) is 29.8. The van der Waals surface area contributed by atoms with Crippen molar-refractivity contribution in [3.8, 4) is 0 Å². The number of esters is 2. The van der Waals surface area contributed by atoms with Crippen molar-refractivity contribution in [1.29, 1.82) is 0 Å². The van der Waals surface area contributed by atoms with Crippen LogP contribution in [0.25, 0.3) is 0 Å². The van der Waals surface area contributed by atoms with Crippen molar-refractivity contribution in [2.24, 2.45) is 0 Å². The second-order valence-electron chi connectivity index (χ2n) is 17.4. The summed E-state index contributed by atoms with van der Waals surface area (Å²) in [4.78, 5) is 35.8. The summed E-state index contributed by atoms with van der Waals surface area (Å²) >= 11 is 0. The number of aliphatic hydroxyl groups is 7. The Hall–Kier alpha value is -2.79. The largest absolute Gasteiger partial charge is 0.472 e. The highest BCUT2D eigenvalue weighted by atomic mass is 31.2. The van der Waals surface area contributed by atoms with Crippen LogP contribution in [0.5, 0.6) is 0 Å². The number of hydrogen-bond acceptors (Lipinski definition) is 14. The molecule has 0 saturated heterocycles. The fourth-order valence-electron chi connectivity index (χ4n) is 7.10. The highest BCUT2D eigenvalue weighted by molar-refractivity contribution is 7.47. The van der Waals surface area contributed by atoms with Gasteiger partial charge in [-0.1, -0.05) is 157 Å². The van der Waals surface area contributed by atoms with E-state index in [2.05, 4.69) is 44.2 Å². The first-order chi connectivity index (χ1) is 32.2. The second-order valence-corrected chi connectivity index (χ2v) is 18.8. The molecular weight excluding hydrogens is 884 g/mol. The minimum atomic E-state index is -5.20. The lowest BCUT2D eigenvalue weighted by molar-refractivity contribution is -0.220. The van der Waals surface area contributed by atoms with Crippen molar-refractivity contribution in [2.75, 3.05) is 13.2 Å².